The van der Waals surface area contributed by atoms with Gasteiger partial charge in [0.05, 0.1) is 25.4 Å². The molecule has 0 unspecified atom stereocenters. The average molecular weight is 438 g/mol. The summed E-state index contributed by atoms with van der Waals surface area (Å²) in [6, 6.07) is 3.00. The molecular weight excluding hydrogens is 413 g/mol. The lowest BCUT2D eigenvalue weighted by Gasteiger charge is -2.37. The Morgan fingerprint density at radius 2 is 2.06 bits per heavy atom. The number of aromatic nitrogens is 2. The van der Waals surface area contributed by atoms with Crippen LogP contribution in [0.1, 0.15) is 29.5 Å². The summed E-state index contributed by atoms with van der Waals surface area (Å²) >= 11 is 0. The van der Waals surface area contributed by atoms with Gasteiger partial charge >= 0.3 is 6.18 Å². The number of alkyl halides is 3. The minimum Gasteiger partial charge on any atom is -0.507 e. The molecule has 0 saturated carbocycles. The van der Waals surface area contributed by atoms with Crippen molar-refractivity contribution in [1.29, 1.82) is 0 Å². The molecule has 7 nitrogen and oxygen atoms in total. The predicted molar refractivity (Wildman–Crippen MR) is 108 cm³/mol. The largest absolute Gasteiger partial charge is 0.507 e. The predicted octanol–water partition coefficient (Wildman–Crippen LogP) is 2.49. The first-order chi connectivity index (χ1) is 14.9. The molecule has 1 saturated heterocycles. The van der Waals surface area contributed by atoms with E-state index >= 15 is 0 Å². The van der Waals surface area contributed by atoms with Crippen LogP contribution in [0.3, 0.4) is 0 Å². The Morgan fingerprint density at radius 1 is 1.23 bits per heavy atom. The molecule has 0 amide bonds. The molecule has 1 fully saturated rings. The first-order valence-corrected chi connectivity index (χ1v) is 10.3. The van der Waals surface area contributed by atoms with Crippen molar-refractivity contribution in [2.75, 3.05) is 37.7 Å². The van der Waals surface area contributed by atoms with Crippen LogP contribution < -0.4 is 10.2 Å². The quantitative estimate of drug-likeness (QED) is 0.661. The third-order valence-corrected chi connectivity index (χ3v) is 5.81. The van der Waals surface area contributed by atoms with Gasteiger partial charge in [-0.2, -0.15) is 13.2 Å². The topological polar surface area (TPSA) is 90.7 Å². The van der Waals surface area contributed by atoms with Crippen molar-refractivity contribution in [3.63, 3.8) is 0 Å². The number of anilines is 1. The molecule has 0 radical (unpaired) electrons. The van der Waals surface area contributed by atoms with E-state index in [0.717, 1.165) is 37.6 Å². The number of fused-ring (bicyclic) bond motifs is 1. The van der Waals surface area contributed by atoms with Crippen molar-refractivity contribution < 1.29 is 28.1 Å². The smallest absolute Gasteiger partial charge is 0.416 e. The monoisotopic (exact) mass is 438 g/mol. The average Bonchev–Trinajstić information content (AvgIpc) is 2.77. The lowest BCUT2D eigenvalue weighted by Crippen LogP contribution is -2.48. The Hall–Kier alpha value is -2.43. The van der Waals surface area contributed by atoms with Crippen molar-refractivity contribution in [3.8, 4) is 17.0 Å². The first-order valence-electron chi connectivity index (χ1n) is 10.3. The number of phenolic OH excluding ortho intramolecular Hbond substituents is 1. The summed E-state index contributed by atoms with van der Waals surface area (Å²) in [5.41, 5.74) is 1.17. The van der Waals surface area contributed by atoms with Gasteiger partial charge in [0.1, 0.15) is 11.4 Å². The fourth-order valence-electron chi connectivity index (χ4n) is 4.29. The SMILES string of the molecule is OCCN(c1nnc(-c2ccc(C(F)(F)F)cc2O)c2c1CCOC2)[C@@H]1CCCNC1. The van der Waals surface area contributed by atoms with Crippen LogP contribution in [0.15, 0.2) is 18.2 Å². The van der Waals surface area contributed by atoms with Crippen molar-refractivity contribution >= 4 is 5.82 Å². The lowest BCUT2D eigenvalue weighted by molar-refractivity contribution is -0.137. The van der Waals surface area contributed by atoms with Crippen molar-refractivity contribution in [2.24, 2.45) is 0 Å². The van der Waals surface area contributed by atoms with Crippen LogP contribution in [-0.4, -0.2) is 59.3 Å². The zero-order chi connectivity index (χ0) is 22.0. The van der Waals surface area contributed by atoms with E-state index in [4.69, 9.17) is 4.74 Å². The number of aliphatic hydroxyl groups is 1. The highest BCUT2D eigenvalue weighted by atomic mass is 19.4. The molecule has 2 aromatic rings. The second kappa shape index (κ2) is 8.97. The van der Waals surface area contributed by atoms with Gasteiger partial charge in [0.25, 0.3) is 0 Å². The minimum atomic E-state index is -4.55. The van der Waals surface area contributed by atoms with Crippen LogP contribution in [0.2, 0.25) is 0 Å². The van der Waals surface area contributed by atoms with E-state index in [2.05, 4.69) is 20.4 Å². The maximum atomic E-state index is 13.0. The van der Waals surface area contributed by atoms with Crippen molar-refractivity contribution in [2.45, 2.75) is 38.1 Å². The van der Waals surface area contributed by atoms with E-state index < -0.39 is 17.5 Å². The second-order valence-electron chi connectivity index (χ2n) is 7.78. The number of halogens is 3. The molecule has 1 aromatic heterocycles. The number of ether oxygens (including phenoxy) is 1. The molecule has 1 aromatic carbocycles. The Balaban J connectivity index is 1.77. The van der Waals surface area contributed by atoms with E-state index in [1.165, 1.54) is 6.07 Å². The van der Waals surface area contributed by atoms with Gasteiger partial charge in [-0.25, -0.2) is 0 Å². The van der Waals surface area contributed by atoms with Crippen LogP contribution in [0.25, 0.3) is 11.3 Å². The highest BCUT2D eigenvalue weighted by molar-refractivity contribution is 5.73. The van der Waals surface area contributed by atoms with Gasteiger partial charge in [-0.3, -0.25) is 0 Å². The highest BCUT2D eigenvalue weighted by Gasteiger charge is 2.33. The highest BCUT2D eigenvalue weighted by Crippen LogP contribution is 2.39. The summed E-state index contributed by atoms with van der Waals surface area (Å²) < 4.78 is 44.5. The maximum Gasteiger partial charge on any atom is 0.416 e. The third kappa shape index (κ3) is 4.46. The second-order valence-corrected chi connectivity index (χ2v) is 7.78. The molecule has 2 aliphatic heterocycles. The summed E-state index contributed by atoms with van der Waals surface area (Å²) in [4.78, 5) is 2.06. The Labute approximate surface area is 177 Å². The molecule has 4 rings (SSSR count). The Kier molecular flexibility index (Phi) is 6.31. The van der Waals surface area contributed by atoms with Crippen molar-refractivity contribution in [1.82, 2.24) is 15.5 Å². The van der Waals surface area contributed by atoms with Crippen LogP contribution in [0.4, 0.5) is 19.0 Å². The fourth-order valence-corrected chi connectivity index (χ4v) is 4.29. The molecule has 0 bridgehead atoms. The molecule has 31 heavy (non-hydrogen) atoms. The van der Waals surface area contributed by atoms with E-state index in [1.807, 2.05) is 0 Å². The van der Waals surface area contributed by atoms with Crippen LogP contribution in [-0.2, 0) is 23.9 Å². The molecule has 3 N–H and O–H groups in total. The number of piperidine rings is 1. The number of phenols is 1. The number of nitrogens with one attached hydrogen (secondary N) is 1. The van der Waals surface area contributed by atoms with Gasteiger partial charge in [-0.1, -0.05) is 0 Å². The van der Waals surface area contributed by atoms with Crippen LogP contribution in [0.5, 0.6) is 5.75 Å². The number of aliphatic hydroxyl groups excluding tert-OH is 1. The van der Waals surface area contributed by atoms with Gasteiger partial charge in [-0.05, 0) is 44.0 Å². The summed E-state index contributed by atoms with van der Waals surface area (Å²) in [6.07, 6.45) is -2.01. The normalized spacial score (nSPS) is 19.2. The molecule has 168 valence electrons. The zero-order valence-corrected chi connectivity index (χ0v) is 17.0. The van der Waals surface area contributed by atoms with E-state index in [9.17, 15) is 23.4 Å². The number of rotatable bonds is 5. The van der Waals surface area contributed by atoms with E-state index in [0.29, 0.717) is 42.7 Å². The number of nitrogens with zero attached hydrogens (tertiary/aromatic N) is 3. The summed E-state index contributed by atoms with van der Waals surface area (Å²) in [7, 11) is 0. The number of benzene rings is 1. The van der Waals surface area contributed by atoms with E-state index in [1.54, 1.807) is 0 Å². The first kappa shape index (κ1) is 21.8. The fraction of sp³-hybridized carbons (Fsp3) is 0.524. The van der Waals surface area contributed by atoms with Gasteiger partial charge in [0.2, 0.25) is 0 Å². The van der Waals surface area contributed by atoms with E-state index in [-0.39, 0.29) is 24.8 Å². The lowest BCUT2D eigenvalue weighted by atomic mass is 9.96. The Bertz CT molecular complexity index is 933. The molecular formula is C21H25F3N4O3. The molecule has 0 spiro atoms. The molecule has 1 atom stereocenters. The number of hydrogen-bond acceptors (Lipinski definition) is 7. The summed E-state index contributed by atoms with van der Waals surface area (Å²) in [6.45, 7) is 2.80. The molecule has 3 heterocycles. The maximum absolute atomic E-state index is 13.0. The van der Waals surface area contributed by atoms with Gasteiger partial charge in [-0.15, -0.1) is 10.2 Å². The van der Waals surface area contributed by atoms with Gasteiger partial charge in [0, 0.05) is 35.8 Å². The number of aromatic hydroxyl groups is 1. The standard InChI is InChI=1S/C21H25F3N4O3/c22-21(23,24)13-3-4-16(18(30)10-13)19-17-12-31-9-5-15(17)20(27-26-19)28(7-8-29)14-2-1-6-25-11-14/h3-4,10,14,25,29-30H,1-2,5-9,11-12H2/t14-/m1/s1. The third-order valence-electron chi connectivity index (χ3n) is 5.81. The summed E-state index contributed by atoms with van der Waals surface area (Å²) in [5, 5.41) is 32.0. The minimum absolute atomic E-state index is 0.0368. The van der Waals surface area contributed by atoms with Crippen molar-refractivity contribution in [3.05, 3.63) is 34.9 Å². The summed E-state index contributed by atoms with van der Waals surface area (Å²) in [5.74, 6) is 0.157. The van der Waals surface area contributed by atoms with Gasteiger partial charge in [0.15, 0.2) is 5.82 Å². The zero-order valence-electron chi connectivity index (χ0n) is 17.0. The molecule has 10 heteroatoms. The van der Waals surface area contributed by atoms with Gasteiger partial charge < -0.3 is 25.2 Å². The molecule has 2 aliphatic rings. The van der Waals surface area contributed by atoms with Crippen LogP contribution >= 0.6 is 0 Å². The number of hydrogen-bond donors (Lipinski definition) is 3. The Morgan fingerprint density at radius 3 is 2.74 bits per heavy atom. The van der Waals surface area contributed by atoms with Crippen LogP contribution in [0, 0.1) is 0 Å². The molecule has 0 aliphatic carbocycles.